The summed E-state index contributed by atoms with van der Waals surface area (Å²) in [6.07, 6.45) is 6.74. The molecular formula is C21H30ClN3O2. The molecule has 5 nitrogen and oxygen atoms in total. The third kappa shape index (κ3) is 3.79. The van der Waals surface area contributed by atoms with Gasteiger partial charge < -0.3 is 15.5 Å². The summed E-state index contributed by atoms with van der Waals surface area (Å²) in [6.45, 7) is 3.60. The number of nitrogens with two attached hydrogens (primary N) is 1. The van der Waals surface area contributed by atoms with Crippen molar-refractivity contribution in [1.82, 2.24) is 4.90 Å². The molecule has 148 valence electrons. The zero-order valence-electron chi connectivity index (χ0n) is 16.0. The Kier molecular flexibility index (Phi) is 5.99. The predicted molar refractivity (Wildman–Crippen MR) is 110 cm³/mol. The lowest BCUT2D eigenvalue weighted by Crippen LogP contribution is -2.42. The van der Waals surface area contributed by atoms with Gasteiger partial charge in [0, 0.05) is 36.9 Å². The van der Waals surface area contributed by atoms with E-state index in [9.17, 15) is 9.59 Å². The number of anilines is 2. The number of nitrogen functional groups attached to an aromatic ring is 1. The fraction of sp³-hybridized carbons (Fsp3) is 0.619. The Morgan fingerprint density at radius 2 is 1.93 bits per heavy atom. The second-order valence-electron chi connectivity index (χ2n) is 8.30. The molecule has 1 aromatic rings. The number of hydrogen-bond donors (Lipinski definition) is 1. The van der Waals surface area contributed by atoms with E-state index in [0.717, 1.165) is 55.1 Å². The Morgan fingerprint density at radius 3 is 2.67 bits per heavy atom. The number of halogens is 1. The van der Waals surface area contributed by atoms with Gasteiger partial charge in [0.1, 0.15) is 0 Å². The summed E-state index contributed by atoms with van der Waals surface area (Å²) in [4.78, 5) is 29.7. The van der Waals surface area contributed by atoms with Crippen molar-refractivity contribution in [3.8, 4) is 0 Å². The monoisotopic (exact) mass is 391 g/mol. The quantitative estimate of drug-likeness (QED) is 0.785. The molecule has 1 aromatic carbocycles. The second-order valence-corrected chi connectivity index (χ2v) is 8.30. The number of carbonyl (C=O) groups excluding carboxylic acids is 2. The van der Waals surface area contributed by atoms with Crippen LogP contribution in [0.25, 0.3) is 0 Å². The zero-order valence-corrected chi connectivity index (χ0v) is 16.8. The summed E-state index contributed by atoms with van der Waals surface area (Å²) in [6, 6.07) is 6.13. The highest BCUT2D eigenvalue weighted by molar-refractivity contribution is 6.00. The zero-order chi connectivity index (χ0) is 18.3. The van der Waals surface area contributed by atoms with Crippen LogP contribution in [0.1, 0.15) is 51.0 Å². The van der Waals surface area contributed by atoms with Crippen LogP contribution in [0.4, 0.5) is 11.4 Å². The molecule has 27 heavy (non-hydrogen) atoms. The number of benzene rings is 1. The third-order valence-electron chi connectivity index (χ3n) is 6.49. The third-order valence-corrected chi connectivity index (χ3v) is 6.49. The molecule has 1 atom stereocenters. The highest BCUT2D eigenvalue weighted by atomic mass is 35.5. The number of hydrogen-bond acceptors (Lipinski definition) is 3. The van der Waals surface area contributed by atoms with Gasteiger partial charge in [-0.25, -0.2) is 0 Å². The average Bonchev–Trinajstić information content (AvgIpc) is 3.03. The lowest BCUT2D eigenvalue weighted by atomic mass is 9.86. The molecule has 1 aliphatic carbocycles. The SMILES string of the molecule is CC1CCC(N2CC(C(=O)N3CCCc4c(N)cccc43)CC2=O)CC1.Cl. The fourth-order valence-corrected chi connectivity index (χ4v) is 4.91. The maximum absolute atomic E-state index is 13.2. The number of fused-ring (bicyclic) bond motifs is 1. The Hall–Kier alpha value is -1.75. The van der Waals surface area contributed by atoms with Crippen molar-refractivity contribution in [2.75, 3.05) is 23.7 Å². The first-order chi connectivity index (χ1) is 12.5. The van der Waals surface area contributed by atoms with Crippen LogP contribution in [0.2, 0.25) is 0 Å². The van der Waals surface area contributed by atoms with E-state index in [-0.39, 0.29) is 30.1 Å². The molecule has 2 aliphatic heterocycles. The first-order valence-electron chi connectivity index (χ1n) is 10.0. The fourth-order valence-electron chi connectivity index (χ4n) is 4.91. The largest absolute Gasteiger partial charge is 0.398 e. The summed E-state index contributed by atoms with van der Waals surface area (Å²) >= 11 is 0. The molecule has 0 aromatic heterocycles. The first kappa shape index (κ1) is 20.0. The lowest BCUT2D eigenvalue weighted by Gasteiger charge is -2.34. The van der Waals surface area contributed by atoms with Gasteiger partial charge in [0.15, 0.2) is 0 Å². The minimum atomic E-state index is -0.214. The summed E-state index contributed by atoms with van der Waals surface area (Å²) in [7, 11) is 0. The second kappa shape index (κ2) is 8.09. The topological polar surface area (TPSA) is 66.6 Å². The first-order valence-corrected chi connectivity index (χ1v) is 10.0. The number of likely N-dealkylation sites (tertiary alicyclic amines) is 1. The van der Waals surface area contributed by atoms with Gasteiger partial charge in [-0.15, -0.1) is 12.4 Å². The molecule has 4 rings (SSSR count). The van der Waals surface area contributed by atoms with Crippen molar-refractivity contribution in [2.24, 2.45) is 11.8 Å². The number of carbonyl (C=O) groups is 2. The highest BCUT2D eigenvalue weighted by Gasteiger charge is 2.41. The summed E-state index contributed by atoms with van der Waals surface area (Å²) in [5.41, 5.74) is 8.90. The van der Waals surface area contributed by atoms with Crippen LogP contribution in [-0.4, -0.2) is 35.8 Å². The van der Waals surface area contributed by atoms with Crippen molar-refractivity contribution in [3.63, 3.8) is 0 Å². The molecule has 2 N–H and O–H groups in total. The van der Waals surface area contributed by atoms with E-state index in [4.69, 9.17) is 5.73 Å². The maximum atomic E-state index is 13.2. The van der Waals surface area contributed by atoms with Crippen molar-refractivity contribution < 1.29 is 9.59 Å². The van der Waals surface area contributed by atoms with E-state index in [0.29, 0.717) is 19.0 Å². The van der Waals surface area contributed by atoms with Gasteiger partial charge in [-0.2, -0.15) is 0 Å². The number of nitrogens with zero attached hydrogens (tertiary/aromatic N) is 2. The molecule has 2 amide bonds. The van der Waals surface area contributed by atoms with Gasteiger partial charge in [0.05, 0.1) is 5.92 Å². The van der Waals surface area contributed by atoms with Crippen LogP contribution in [0.3, 0.4) is 0 Å². The normalized spacial score (nSPS) is 27.9. The van der Waals surface area contributed by atoms with Gasteiger partial charge in [-0.05, 0) is 62.1 Å². The van der Waals surface area contributed by atoms with Crippen LogP contribution in [0.5, 0.6) is 0 Å². The van der Waals surface area contributed by atoms with Gasteiger partial charge in [0.25, 0.3) is 0 Å². The van der Waals surface area contributed by atoms with Crippen LogP contribution < -0.4 is 10.6 Å². The van der Waals surface area contributed by atoms with Crippen LogP contribution >= 0.6 is 12.4 Å². The lowest BCUT2D eigenvalue weighted by molar-refractivity contribution is -0.130. The minimum absolute atomic E-state index is 0. The van der Waals surface area contributed by atoms with E-state index in [2.05, 4.69) is 6.92 Å². The van der Waals surface area contributed by atoms with E-state index in [1.165, 1.54) is 12.8 Å². The summed E-state index contributed by atoms with van der Waals surface area (Å²) < 4.78 is 0. The highest BCUT2D eigenvalue weighted by Crippen LogP contribution is 2.35. The smallest absolute Gasteiger partial charge is 0.232 e. The van der Waals surface area contributed by atoms with Crippen molar-refractivity contribution in [3.05, 3.63) is 23.8 Å². The Balaban J connectivity index is 0.00000210. The molecule has 1 unspecified atom stereocenters. The standard InChI is InChI=1S/C21H29N3O2.ClH/c1-14-7-9-16(10-8-14)24-13-15(12-20(24)25)21(26)23-11-3-4-17-18(22)5-2-6-19(17)23;/h2,5-6,14-16H,3-4,7-13,22H2,1H3;1H. The Bertz CT molecular complexity index is 715. The molecule has 0 bridgehead atoms. The van der Waals surface area contributed by atoms with Crippen LogP contribution in [0.15, 0.2) is 18.2 Å². The van der Waals surface area contributed by atoms with Gasteiger partial charge in [-0.3, -0.25) is 9.59 Å². The average molecular weight is 392 g/mol. The van der Waals surface area contributed by atoms with Gasteiger partial charge in [0.2, 0.25) is 11.8 Å². The molecule has 0 spiro atoms. The Labute approximate surface area is 167 Å². The van der Waals surface area contributed by atoms with Crippen molar-refractivity contribution >= 4 is 35.6 Å². The molecular weight excluding hydrogens is 362 g/mol. The van der Waals surface area contributed by atoms with E-state index >= 15 is 0 Å². The van der Waals surface area contributed by atoms with Crippen molar-refractivity contribution in [2.45, 2.75) is 57.9 Å². The van der Waals surface area contributed by atoms with Crippen molar-refractivity contribution in [1.29, 1.82) is 0 Å². The Morgan fingerprint density at radius 1 is 1.19 bits per heavy atom. The van der Waals surface area contributed by atoms with Gasteiger partial charge >= 0.3 is 0 Å². The number of rotatable bonds is 2. The molecule has 6 heteroatoms. The molecule has 2 fully saturated rings. The summed E-state index contributed by atoms with van der Waals surface area (Å²) in [5.74, 6) is 0.801. The van der Waals surface area contributed by atoms with Crippen LogP contribution in [-0.2, 0) is 16.0 Å². The van der Waals surface area contributed by atoms with E-state index in [1.54, 1.807) is 0 Å². The molecule has 1 saturated carbocycles. The predicted octanol–water partition coefficient (Wildman–Crippen LogP) is 3.40. The van der Waals surface area contributed by atoms with Crippen LogP contribution in [0, 0.1) is 11.8 Å². The molecule has 1 saturated heterocycles. The number of amides is 2. The maximum Gasteiger partial charge on any atom is 0.232 e. The van der Waals surface area contributed by atoms with Gasteiger partial charge in [-0.1, -0.05) is 13.0 Å². The van der Waals surface area contributed by atoms with E-state index in [1.807, 2.05) is 28.0 Å². The van der Waals surface area contributed by atoms with E-state index < -0.39 is 0 Å². The molecule has 3 aliphatic rings. The molecule has 0 radical (unpaired) electrons. The molecule has 2 heterocycles. The summed E-state index contributed by atoms with van der Waals surface area (Å²) in [5, 5.41) is 0. The minimum Gasteiger partial charge on any atom is -0.398 e.